The Bertz CT molecular complexity index is 196. The summed E-state index contributed by atoms with van der Waals surface area (Å²) in [4.78, 5) is 0. The largest absolute Gasteiger partial charge is 0.491 e. The Morgan fingerprint density at radius 1 is 1.64 bits per heavy atom. The van der Waals surface area contributed by atoms with E-state index in [1.54, 1.807) is 0 Å². The van der Waals surface area contributed by atoms with Gasteiger partial charge in [-0.05, 0) is 18.6 Å². The van der Waals surface area contributed by atoms with Crippen molar-refractivity contribution in [3.63, 3.8) is 0 Å². The molecule has 2 heteroatoms. The summed E-state index contributed by atoms with van der Waals surface area (Å²) < 4.78 is 5.40. The summed E-state index contributed by atoms with van der Waals surface area (Å²) in [7, 11) is 0. The summed E-state index contributed by atoms with van der Waals surface area (Å²) in [6, 6.07) is 0. The van der Waals surface area contributed by atoms with Crippen molar-refractivity contribution >= 4 is 0 Å². The molecule has 11 heavy (non-hydrogen) atoms. The van der Waals surface area contributed by atoms with Gasteiger partial charge in [0.05, 0.1) is 0 Å². The topological polar surface area (TPSA) is 35.2 Å². The van der Waals surface area contributed by atoms with Crippen LogP contribution in [0.2, 0.25) is 0 Å². The molecule has 1 aliphatic rings. The van der Waals surface area contributed by atoms with E-state index in [1.807, 2.05) is 13.0 Å². The number of hydrogen-bond acceptors (Lipinski definition) is 2. The summed E-state index contributed by atoms with van der Waals surface area (Å²) in [5.41, 5.74) is 6.78. The summed E-state index contributed by atoms with van der Waals surface area (Å²) in [6.45, 7) is 8.51. The second-order valence-electron chi connectivity index (χ2n) is 3.00. The molecule has 0 aliphatic carbocycles. The van der Waals surface area contributed by atoms with Gasteiger partial charge in [-0.2, -0.15) is 0 Å². The first-order valence-corrected chi connectivity index (χ1v) is 3.91. The smallest absolute Gasteiger partial charge is 0.112 e. The van der Waals surface area contributed by atoms with Gasteiger partial charge in [-0.1, -0.05) is 13.5 Å². The number of hydrogen-bond donors (Lipinski definition) is 1. The lowest BCUT2D eigenvalue weighted by Gasteiger charge is -2.28. The average molecular weight is 153 g/mol. The predicted octanol–water partition coefficient (Wildman–Crippen LogP) is 1.44. The van der Waals surface area contributed by atoms with E-state index in [-0.39, 0.29) is 6.10 Å². The van der Waals surface area contributed by atoms with Gasteiger partial charge in [0.25, 0.3) is 0 Å². The minimum absolute atomic E-state index is 0.214. The van der Waals surface area contributed by atoms with Crippen molar-refractivity contribution in [1.29, 1.82) is 0 Å². The number of allylic oxidation sites excluding steroid dienone is 1. The lowest BCUT2D eigenvalue weighted by Crippen LogP contribution is -2.27. The fourth-order valence-electron chi connectivity index (χ4n) is 1.26. The molecule has 0 bridgehead atoms. The third-order valence-corrected chi connectivity index (χ3v) is 2.21. The van der Waals surface area contributed by atoms with Gasteiger partial charge in [0.2, 0.25) is 0 Å². The summed E-state index contributed by atoms with van der Waals surface area (Å²) in [5, 5.41) is 0. The highest BCUT2D eigenvalue weighted by atomic mass is 16.5. The van der Waals surface area contributed by atoms with Crippen LogP contribution in [0.15, 0.2) is 24.0 Å². The van der Waals surface area contributed by atoms with Crippen LogP contribution in [0.25, 0.3) is 0 Å². The quantitative estimate of drug-likeness (QED) is 0.618. The molecular formula is C9H15NO. The third-order valence-electron chi connectivity index (χ3n) is 2.21. The zero-order valence-electron chi connectivity index (χ0n) is 7.13. The first-order valence-electron chi connectivity index (χ1n) is 3.91. The van der Waals surface area contributed by atoms with E-state index in [1.165, 1.54) is 5.57 Å². The molecule has 1 aliphatic heterocycles. The normalized spacial score (nSPS) is 31.2. The van der Waals surface area contributed by atoms with E-state index in [2.05, 4.69) is 13.5 Å². The van der Waals surface area contributed by atoms with Crippen LogP contribution < -0.4 is 5.73 Å². The maximum atomic E-state index is 5.55. The Balaban J connectivity index is 2.81. The second kappa shape index (κ2) is 3.09. The van der Waals surface area contributed by atoms with Gasteiger partial charge in [-0.25, -0.2) is 0 Å². The second-order valence-corrected chi connectivity index (χ2v) is 3.00. The van der Waals surface area contributed by atoms with Crippen LogP contribution in [-0.2, 0) is 4.74 Å². The molecule has 0 aromatic rings. The highest BCUT2D eigenvalue weighted by Crippen LogP contribution is 2.25. The predicted molar refractivity (Wildman–Crippen MR) is 46.0 cm³/mol. The van der Waals surface area contributed by atoms with Crippen molar-refractivity contribution in [2.75, 3.05) is 6.54 Å². The maximum absolute atomic E-state index is 5.55. The molecule has 2 unspecified atom stereocenters. The molecular weight excluding hydrogens is 138 g/mol. The van der Waals surface area contributed by atoms with Gasteiger partial charge in [0.1, 0.15) is 11.9 Å². The van der Waals surface area contributed by atoms with Crippen LogP contribution in [0.3, 0.4) is 0 Å². The molecule has 0 amide bonds. The highest BCUT2D eigenvalue weighted by molar-refractivity contribution is 5.23. The van der Waals surface area contributed by atoms with Crippen molar-refractivity contribution in [3.05, 3.63) is 24.0 Å². The minimum atomic E-state index is 0.214. The molecule has 2 atom stereocenters. The molecule has 0 aromatic heterocycles. The van der Waals surface area contributed by atoms with Crippen molar-refractivity contribution < 1.29 is 4.74 Å². The Morgan fingerprint density at radius 2 is 2.27 bits per heavy atom. The first-order chi connectivity index (χ1) is 5.15. The Hall–Kier alpha value is -0.760. The molecule has 1 rings (SSSR count). The Morgan fingerprint density at radius 3 is 2.82 bits per heavy atom. The van der Waals surface area contributed by atoms with E-state index < -0.39 is 0 Å². The zero-order chi connectivity index (χ0) is 8.43. The lowest BCUT2D eigenvalue weighted by atomic mass is 9.93. The molecule has 1 heterocycles. The molecule has 0 saturated carbocycles. The Labute approximate surface area is 67.7 Å². The monoisotopic (exact) mass is 153 g/mol. The van der Waals surface area contributed by atoms with Crippen LogP contribution >= 0.6 is 0 Å². The van der Waals surface area contributed by atoms with Crippen molar-refractivity contribution in [1.82, 2.24) is 0 Å². The number of rotatable bonds is 1. The fraction of sp³-hybridized carbons (Fsp3) is 0.556. The van der Waals surface area contributed by atoms with Crippen LogP contribution in [-0.4, -0.2) is 12.6 Å². The average Bonchev–Trinajstić information content (AvgIpc) is 1.96. The van der Waals surface area contributed by atoms with Gasteiger partial charge in [0.15, 0.2) is 0 Å². The molecule has 0 aromatic carbocycles. The fourth-order valence-corrected chi connectivity index (χ4v) is 1.26. The van der Waals surface area contributed by atoms with Gasteiger partial charge >= 0.3 is 0 Å². The van der Waals surface area contributed by atoms with Gasteiger partial charge in [0, 0.05) is 12.5 Å². The minimum Gasteiger partial charge on any atom is -0.491 e. The number of ether oxygens (including phenoxy) is 1. The standard InChI is InChI=1S/C9H15NO/c1-6-4-9(5-10)7(2)8(3)11-6/h4,7-8H,1,5,10H2,2-3H3. The van der Waals surface area contributed by atoms with Crippen LogP contribution in [0.5, 0.6) is 0 Å². The SMILES string of the molecule is C=C1C=C(CN)C(C)C(C)O1. The molecule has 0 spiro atoms. The van der Waals surface area contributed by atoms with E-state index in [0.717, 1.165) is 5.76 Å². The number of nitrogens with two attached hydrogens (primary N) is 1. The zero-order valence-corrected chi connectivity index (χ0v) is 7.13. The van der Waals surface area contributed by atoms with E-state index in [0.29, 0.717) is 12.5 Å². The third kappa shape index (κ3) is 1.63. The molecule has 0 radical (unpaired) electrons. The molecule has 0 fully saturated rings. The van der Waals surface area contributed by atoms with Crippen molar-refractivity contribution in [2.45, 2.75) is 20.0 Å². The van der Waals surface area contributed by atoms with Crippen LogP contribution in [0.4, 0.5) is 0 Å². The van der Waals surface area contributed by atoms with Crippen LogP contribution in [0, 0.1) is 5.92 Å². The summed E-state index contributed by atoms with van der Waals surface area (Å²) >= 11 is 0. The summed E-state index contributed by atoms with van der Waals surface area (Å²) in [6.07, 6.45) is 2.15. The highest BCUT2D eigenvalue weighted by Gasteiger charge is 2.21. The Kier molecular flexibility index (Phi) is 2.35. The van der Waals surface area contributed by atoms with E-state index >= 15 is 0 Å². The van der Waals surface area contributed by atoms with Crippen molar-refractivity contribution in [3.8, 4) is 0 Å². The summed E-state index contributed by atoms with van der Waals surface area (Å²) in [5.74, 6) is 1.15. The maximum Gasteiger partial charge on any atom is 0.112 e. The van der Waals surface area contributed by atoms with Gasteiger partial charge < -0.3 is 10.5 Å². The molecule has 2 N–H and O–H groups in total. The molecule has 0 saturated heterocycles. The molecule has 62 valence electrons. The van der Waals surface area contributed by atoms with E-state index in [9.17, 15) is 0 Å². The first kappa shape index (κ1) is 8.34. The van der Waals surface area contributed by atoms with Gasteiger partial charge in [-0.15, -0.1) is 0 Å². The molecule has 2 nitrogen and oxygen atoms in total. The van der Waals surface area contributed by atoms with Crippen molar-refractivity contribution in [2.24, 2.45) is 11.7 Å². The van der Waals surface area contributed by atoms with Gasteiger partial charge in [-0.3, -0.25) is 0 Å². The van der Waals surface area contributed by atoms with Crippen LogP contribution in [0.1, 0.15) is 13.8 Å². The lowest BCUT2D eigenvalue weighted by molar-refractivity contribution is 0.0960. The van der Waals surface area contributed by atoms with E-state index in [4.69, 9.17) is 10.5 Å².